The van der Waals surface area contributed by atoms with Gasteiger partial charge in [-0.2, -0.15) is 4.68 Å². The molecule has 0 bridgehead atoms. The second-order valence-corrected chi connectivity index (χ2v) is 3.61. The molecule has 0 spiro atoms. The van der Waals surface area contributed by atoms with Crippen molar-refractivity contribution in [3.63, 3.8) is 0 Å². The third-order valence-electron chi connectivity index (χ3n) is 2.39. The molecule has 0 saturated carbocycles. The summed E-state index contributed by atoms with van der Waals surface area (Å²) >= 11 is 0. The third-order valence-corrected chi connectivity index (χ3v) is 2.39. The second kappa shape index (κ2) is 6.47. The number of carbonyl (C=O) groups excluding carboxylic acids is 2. The molecule has 0 aliphatic rings. The highest BCUT2D eigenvalue weighted by Gasteiger charge is 2.19. The van der Waals surface area contributed by atoms with E-state index in [1.807, 2.05) is 0 Å². The number of carbonyl (C=O) groups is 2. The summed E-state index contributed by atoms with van der Waals surface area (Å²) in [7, 11) is 1.23. The van der Waals surface area contributed by atoms with Gasteiger partial charge >= 0.3 is 11.8 Å². The van der Waals surface area contributed by atoms with Crippen LogP contribution in [0.2, 0.25) is 0 Å². The molecule has 0 saturated heterocycles. The number of likely N-dealkylation sites (N-methyl/N-ethyl adjacent to an activating group) is 1. The molecule has 0 aliphatic heterocycles. The molecule has 1 aromatic heterocycles. The van der Waals surface area contributed by atoms with Gasteiger partial charge in [0.05, 0.1) is 24.5 Å². The van der Waals surface area contributed by atoms with E-state index in [9.17, 15) is 19.7 Å². The molecule has 9 heteroatoms. The van der Waals surface area contributed by atoms with Crippen LogP contribution in [-0.4, -0.2) is 51.7 Å². The summed E-state index contributed by atoms with van der Waals surface area (Å²) in [5.74, 6) is -1.23. The lowest BCUT2D eigenvalue weighted by Gasteiger charge is -2.18. The predicted octanol–water partition coefficient (Wildman–Crippen LogP) is -0.187. The van der Waals surface area contributed by atoms with Gasteiger partial charge in [0.2, 0.25) is 5.91 Å². The zero-order valence-electron chi connectivity index (χ0n) is 10.6. The maximum atomic E-state index is 11.9. The Hall–Kier alpha value is -2.45. The highest BCUT2D eigenvalue weighted by Crippen LogP contribution is 2.05. The number of rotatable bonds is 6. The molecule has 104 valence electrons. The Kier molecular flexibility index (Phi) is 4.98. The van der Waals surface area contributed by atoms with E-state index in [0.29, 0.717) is 6.54 Å². The van der Waals surface area contributed by atoms with Gasteiger partial charge in [0.25, 0.3) is 0 Å². The van der Waals surface area contributed by atoms with Gasteiger partial charge < -0.3 is 19.8 Å². The monoisotopic (exact) mass is 270 g/mol. The largest absolute Gasteiger partial charge is 0.468 e. The van der Waals surface area contributed by atoms with E-state index in [1.165, 1.54) is 24.3 Å². The first kappa shape index (κ1) is 14.6. The van der Waals surface area contributed by atoms with E-state index in [1.54, 1.807) is 6.92 Å². The lowest BCUT2D eigenvalue weighted by atomic mass is 10.4. The first-order valence-corrected chi connectivity index (χ1v) is 5.50. The number of nitro groups is 1. The van der Waals surface area contributed by atoms with Crippen LogP contribution in [0.5, 0.6) is 0 Å². The zero-order chi connectivity index (χ0) is 14.4. The van der Waals surface area contributed by atoms with Crippen LogP contribution in [0.1, 0.15) is 6.92 Å². The Morgan fingerprint density at radius 2 is 2.26 bits per heavy atom. The molecule has 0 aromatic carbocycles. The molecule has 1 amide bonds. The fourth-order valence-corrected chi connectivity index (χ4v) is 1.37. The van der Waals surface area contributed by atoms with E-state index in [-0.39, 0.29) is 24.8 Å². The summed E-state index contributed by atoms with van der Waals surface area (Å²) in [5.41, 5.74) is 0. The van der Waals surface area contributed by atoms with E-state index in [2.05, 4.69) is 9.84 Å². The van der Waals surface area contributed by atoms with E-state index < -0.39 is 10.9 Å². The predicted molar refractivity (Wildman–Crippen MR) is 63.2 cm³/mol. The smallest absolute Gasteiger partial charge is 0.389 e. The number of esters is 1. The summed E-state index contributed by atoms with van der Waals surface area (Å²) in [6.45, 7) is 1.72. The molecular weight excluding hydrogens is 256 g/mol. The van der Waals surface area contributed by atoms with Crippen molar-refractivity contribution in [2.75, 3.05) is 20.2 Å². The topological polar surface area (TPSA) is 108 Å². The molecule has 1 heterocycles. The molecule has 19 heavy (non-hydrogen) atoms. The summed E-state index contributed by atoms with van der Waals surface area (Å²) in [5, 5.41) is 14.1. The Morgan fingerprint density at radius 3 is 2.74 bits per heavy atom. The van der Waals surface area contributed by atoms with Gasteiger partial charge in [0, 0.05) is 6.54 Å². The highest BCUT2D eigenvalue weighted by molar-refractivity contribution is 5.81. The van der Waals surface area contributed by atoms with Crippen molar-refractivity contribution in [1.82, 2.24) is 14.7 Å². The zero-order valence-corrected chi connectivity index (χ0v) is 10.6. The van der Waals surface area contributed by atoms with Gasteiger partial charge in [-0.15, -0.1) is 0 Å². The summed E-state index contributed by atoms with van der Waals surface area (Å²) < 4.78 is 5.63. The number of nitrogens with zero attached hydrogens (tertiary/aromatic N) is 4. The summed E-state index contributed by atoms with van der Waals surface area (Å²) in [4.78, 5) is 34.0. The Labute approximate surface area is 108 Å². The number of hydrogen-bond donors (Lipinski definition) is 0. The quantitative estimate of drug-likeness (QED) is 0.403. The van der Waals surface area contributed by atoms with Gasteiger partial charge in [-0.1, -0.05) is 0 Å². The molecule has 0 aliphatic carbocycles. The molecule has 0 fully saturated rings. The van der Waals surface area contributed by atoms with Gasteiger partial charge in [0.15, 0.2) is 0 Å². The van der Waals surface area contributed by atoms with Crippen molar-refractivity contribution in [3.8, 4) is 0 Å². The molecule has 0 atom stereocenters. The van der Waals surface area contributed by atoms with Crippen LogP contribution in [0.25, 0.3) is 0 Å². The van der Waals surface area contributed by atoms with Crippen molar-refractivity contribution < 1.29 is 19.2 Å². The van der Waals surface area contributed by atoms with Crippen LogP contribution in [0.15, 0.2) is 12.3 Å². The van der Waals surface area contributed by atoms with E-state index in [4.69, 9.17) is 0 Å². The van der Waals surface area contributed by atoms with Crippen molar-refractivity contribution in [2.45, 2.75) is 13.5 Å². The maximum Gasteiger partial charge on any atom is 0.389 e. The second-order valence-electron chi connectivity index (χ2n) is 3.61. The summed E-state index contributed by atoms with van der Waals surface area (Å²) in [6.07, 6.45) is 1.34. The minimum Gasteiger partial charge on any atom is -0.468 e. The first-order chi connectivity index (χ1) is 8.97. The SMILES string of the molecule is CCN(CC(=O)OC)C(=O)Cn1ccc([N+](=O)[O-])n1. The molecular formula is C10H14N4O5. The number of hydrogen-bond acceptors (Lipinski definition) is 6. The van der Waals surface area contributed by atoms with E-state index in [0.717, 1.165) is 4.68 Å². The molecule has 0 radical (unpaired) electrons. The average molecular weight is 270 g/mol. The Bertz CT molecular complexity index is 484. The minimum atomic E-state index is -0.646. The van der Waals surface area contributed by atoms with Crippen molar-refractivity contribution in [2.24, 2.45) is 0 Å². The van der Waals surface area contributed by atoms with Crippen molar-refractivity contribution >= 4 is 17.7 Å². The molecule has 9 nitrogen and oxygen atoms in total. The first-order valence-electron chi connectivity index (χ1n) is 5.50. The normalized spacial score (nSPS) is 10.0. The molecule has 0 N–H and O–H groups in total. The standard InChI is InChI=1S/C10H14N4O5/c1-3-12(7-10(16)19-2)9(15)6-13-5-4-8(11-13)14(17)18/h4-5H,3,6-7H2,1-2H3. The Morgan fingerprint density at radius 1 is 1.58 bits per heavy atom. The number of amides is 1. The number of ether oxygens (including phenoxy) is 1. The van der Waals surface area contributed by atoms with E-state index >= 15 is 0 Å². The Balaban J connectivity index is 2.65. The lowest BCUT2D eigenvalue weighted by Crippen LogP contribution is -2.38. The van der Waals surface area contributed by atoms with Crippen molar-refractivity contribution in [3.05, 3.63) is 22.4 Å². The van der Waals surface area contributed by atoms with Gasteiger partial charge in [-0.25, -0.2) is 0 Å². The van der Waals surface area contributed by atoms with Crippen LogP contribution in [0.3, 0.4) is 0 Å². The molecule has 0 unspecified atom stereocenters. The van der Waals surface area contributed by atoms with Gasteiger partial charge in [-0.3, -0.25) is 9.59 Å². The average Bonchev–Trinajstić information content (AvgIpc) is 2.84. The molecule has 1 aromatic rings. The van der Waals surface area contributed by atoms with Crippen LogP contribution in [0.4, 0.5) is 5.82 Å². The van der Waals surface area contributed by atoms with Crippen LogP contribution in [-0.2, 0) is 20.9 Å². The van der Waals surface area contributed by atoms with Gasteiger partial charge in [0.1, 0.15) is 13.1 Å². The highest BCUT2D eigenvalue weighted by atomic mass is 16.6. The minimum absolute atomic E-state index is 0.158. The number of aromatic nitrogens is 2. The van der Waals surface area contributed by atoms with Crippen LogP contribution in [0, 0.1) is 10.1 Å². The van der Waals surface area contributed by atoms with Crippen LogP contribution < -0.4 is 0 Å². The number of methoxy groups -OCH3 is 1. The maximum absolute atomic E-state index is 11.9. The fraction of sp³-hybridized carbons (Fsp3) is 0.500. The molecule has 1 rings (SSSR count). The van der Waals surface area contributed by atoms with Gasteiger partial charge in [-0.05, 0) is 11.8 Å². The third kappa shape index (κ3) is 4.05. The van der Waals surface area contributed by atoms with Crippen molar-refractivity contribution in [1.29, 1.82) is 0 Å². The summed E-state index contributed by atoms with van der Waals surface area (Å²) in [6, 6.07) is 1.20. The lowest BCUT2D eigenvalue weighted by molar-refractivity contribution is -0.389. The van der Waals surface area contributed by atoms with Crippen LogP contribution >= 0.6 is 0 Å². The fourth-order valence-electron chi connectivity index (χ4n) is 1.37.